The Kier molecular flexibility index (Phi) is 4.10. The van der Waals surface area contributed by atoms with Crippen LogP contribution in [0.4, 0.5) is 5.69 Å². The smallest absolute Gasteiger partial charge is 0.193 e. The zero-order valence-electron chi connectivity index (χ0n) is 14.7. The number of nitrogens with one attached hydrogen (secondary N) is 1. The van der Waals surface area contributed by atoms with Crippen molar-refractivity contribution in [2.45, 2.75) is 15.0 Å². The number of carbonyl (C=O) groups is 1. The van der Waals surface area contributed by atoms with Gasteiger partial charge in [0.05, 0.1) is 16.6 Å². The van der Waals surface area contributed by atoms with Crippen LogP contribution in [-0.2, 0) is 0 Å². The van der Waals surface area contributed by atoms with Crippen molar-refractivity contribution in [3.8, 4) is 0 Å². The Labute approximate surface area is 167 Å². The standard InChI is InChI=1S/C23H17NOS2/c1-26-15-12-10-14(11-13-15)23-20-21(16-6-2-3-7-17(16)22(20)25)24-18-8-4-5-9-19(18)27-23/h2-13,23-24H,1H3. The number of ketones is 1. The van der Waals surface area contributed by atoms with Crippen LogP contribution in [0.1, 0.15) is 26.7 Å². The molecule has 132 valence electrons. The van der Waals surface area contributed by atoms with E-state index >= 15 is 0 Å². The molecule has 1 heterocycles. The molecule has 0 aromatic heterocycles. The molecule has 0 saturated heterocycles. The van der Waals surface area contributed by atoms with Gasteiger partial charge in [0.25, 0.3) is 0 Å². The van der Waals surface area contributed by atoms with E-state index in [1.54, 1.807) is 23.5 Å². The average molecular weight is 388 g/mol. The van der Waals surface area contributed by atoms with Gasteiger partial charge in [-0.3, -0.25) is 4.79 Å². The Bertz CT molecular complexity index is 1090. The van der Waals surface area contributed by atoms with E-state index in [0.717, 1.165) is 38.5 Å². The van der Waals surface area contributed by atoms with Gasteiger partial charge < -0.3 is 5.32 Å². The fraction of sp³-hybridized carbons (Fsp3) is 0.0870. The number of fused-ring (bicyclic) bond motifs is 3. The number of rotatable bonds is 2. The zero-order chi connectivity index (χ0) is 18.4. The molecule has 1 unspecified atom stereocenters. The molecule has 0 saturated carbocycles. The van der Waals surface area contributed by atoms with E-state index in [4.69, 9.17) is 0 Å². The van der Waals surface area contributed by atoms with Crippen LogP contribution in [0.25, 0.3) is 5.70 Å². The lowest BCUT2D eigenvalue weighted by molar-refractivity contribution is 0.103. The van der Waals surface area contributed by atoms with Crippen LogP contribution >= 0.6 is 23.5 Å². The van der Waals surface area contributed by atoms with E-state index < -0.39 is 0 Å². The molecule has 1 aliphatic carbocycles. The molecule has 1 N–H and O–H groups in total. The zero-order valence-corrected chi connectivity index (χ0v) is 16.4. The Morgan fingerprint density at radius 2 is 1.59 bits per heavy atom. The molecule has 0 radical (unpaired) electrons. The summed E-state index contributed by atoms with van der Waals surface area (Å²) in [6.45, 7) is 0. The van der Waals surface area contributed by atoms with Gasteiger partial charge in [-0.25, -0.2) is 0 Å². The van der Waals surface area contributed by atoms with Gasteiger partial charge in [0.1, 0.15) is 0 Å². The number of para-hydroxylation sites is 1. The van der Waals surface area contributed by atoms with E-state index in [2.05, 4.69) is 48.0 Å². The molecule has 3 aromatic rings. The summed E-state index contributed by atoms with van der Waals surface area (Å²) in [5, 5.41) is 3.53. The van der Waals surface area contributed by atoms with Crippen molar-refractivity contribution in [3.05, 3.63) is 95.1 Å². The van der Waals surface area contributed by atoms with Crippen molar-refractivity contribution in [1.82, 2.24) is 0 Å². The Hall–Kier alpha value is -2.43. The minimum Gasteiger partial charge on any atom is -0.354 e. The highest BCUT2D eigenvalue weighted by atomic mass is 32.2. The van der Waals surface area contributed by atoms with Crippen molar-refractivity contribution in [1.29, 1.82) is 0 Å². The predicted molar refractivity (Wildman–Crippen MR) is 115 cm³/mol. The normalized spacial score (nSPS) is 17.7. The van der Waals surface area contributed by atoms with Crippen molar-refractivity contribution < 1.29 is 4.79 Å². The molecule has 1 aliphatic heterocycles. The lowest BCUT2D eigenvalue weighted by atomic mass is 10.0. The molecule has 3 aromatic carbocycles. The molecule has 0 spiro atoms. The predicted octanol–water partition coefficient (Wildman–Crippen LogP) is 6.28. The number of anilines is 1. The van der Waals surface area contributed by atoms with Gasteiger partial charge in [0, 0.05) is 26.5 Å². The van der Waals surface area contributed by atoms with Crippen LogP contribution in [-0.4, -0.2) is 12.0 Å². The first-order valence-electron chi connectivity index (χ1n) is 8.81. The first-order chi connectivity index (χ1) is 13.3. The fourth-order valence-electron chi connectivity index (χ4n) is 3.69. The quantitative estimate of drug-likeness (QED) is 0.524. The Balaban J connectivity index is 1.71. The number of Topliss-reactive ketones (excluding diaryl/α,β-unsaturated/α-hetero) is 1. The number of hydrogen-bond acceptors (Lipinski definition) is 4. The minimum atomic E-state index is -0.0352. The number of carbonyl (C=O) groups excluding carboxylic acids is 1. The van der Waals surface area contributed by atoms with Crippen molar-refractivity contribution in [3.63, 3.8) is 0 Å². The lowest BCUT2D eigenvalue weighted by Gasteiger charge is -2.17. The van der Waals surface area contributed by atoms with Crippen LogP contribution in [0.3, 0.4) is 0 Å². The summed E-state index contributed by atoms with van der Waals surface area (Å²) >= 11 is 3.48. The first-order valence-corrected chi connectivity index (χ1v) is 10.9. The second-order valence-corrected chi connectivity index (χ2v) is 8.58. The molecule has 1 atom stereocenters. The van der Waals surface area contributed by atoms with Gasteiger partial charge in [-0.1, -0.05) is 48.5 Å². The molecule has 0 fully saturated rings. The number of hydrogen-bond donors (Lipinski definition) is 1. The van der Waals surface area contributed by atoms with Crippen molar-refractivity contribution in [2.75, 3.05) is 11.6 Å². The monoisotopic (exact) mass is 387 g/mol. The first kappa shape index (κ1) is 16.7. The lowest BCUT2D eigenvalue weighted by Crippen LogP contribution is -2.07. The van der Waals surface area contributed by atoms with E-state index in [1.807, 2.05) is 36.4 Å². The van der Waals surface area contributed by atoms with Gasteiger partial charge in [0.15, 0.2) is 5.78 Å². The molecular weight excluding hydrogens is 370 g/mol. The Morgan fingerprint density at radius 3 is 2.37 bits per heavy atom. The van der Waals surface area contributed by atoms with Crippen molar-refractivity contribution >= 4 is 40.7 Å². The topological polar surface area (TPSA) is 29.1 Å². The van der Waals surface area contributed by atoms with Crippen molar-refractivity contribution in [2.24, 2.45) is 0 Å². The molecule has 27 heavy (non-hydrogen) atoms. The molecule has 2 aliphatic rings. The summed E-state index contributed by atoms with van der Waals surface area (Å²) in [7, 11) is 0. The van der Waals surface area contributed by atoms with Gasteiger partial charge >= 0.3 is 0 Å². The van der Waals surface area contributed by atoms with E-state index in [9.17, 15) is 4.79 Å². The highest BCUT2D eigenvalue weighted by molar-refractivity contribution is 8.00. The molecule has 0 bridgehead atoms. The molecule has 0 amide bonds. The molecule has 2 nitrogen and oxygen atoms in total. The van der Waals surface area contributed by atoms with E-state index in [1.165, 1.54) is 4.90 Å². The van der Waals surface area contributed by atoms with Crippen LogP contribution < -0.4 is 5.32 Å². The highest BCUT2D eigenvalue weighted by Crippen LogP contribution is 2.52. The van der Waals surface area contributed by atoms with Gasteiger partial charge in [-0.2, -0.15) is 0 Å². The second kappa shape index (κ2) is 6.63. The van der Waals surface area contributed by atoms with Crippen LogP contribution in [0.5, 0.6) is 0 Å². The third kappa shape index (κ3) is 2.71. The average Bonchev–Trinajstić information content (AvgIpc) is 2.88. The second-order valence-electron chi connectivity index (χ2n) is 6.56. The SMILES string of the molecule is CSc1ccc(C2Sc3ccccc3NC3=C2C(=O)c2ccccc23)cc1. The molecule has 5 rings (SSSR count). The summed E-state index contributed by atoms with van der Waals surface area (Å²) in [6.07, 6.45) is 2.08. The van der Waals surface area contributed by atoms with Crippen LogP contribution in [0.15, 0.2) is 88.2 Å². The van der Waals surface area contributed by atoms with E-state index in [0.29, 0.717) is 0 Å². The van der Waals surface area contributed by atoms with Crippen LogP contribution in [0, 0.1) is 0 Å². The fourth-order valence-corrected chi connectivity index (χ4v) is 5.40. The number of benzene rings is 3. The van der Waals surface area contributed by atoms with Gasteiger partial charge in [0.2, 0.25) is 0 Å². The summed E-state index contributed by atoms with van der Waals surface area (Å²) in [6, 6.07) is 24.8. The van der Waals surface area contributed by atoms with Gasteiger partial charge in [-0.15, -0.1) is 23.5 Å². The maximum atomic E-state index is 13.3. The Morgan fingerprint density at radius 1 is 0.889 bits per heavy atom. The minimum absolute atomic E-state index is 0.0352. The third-order valence-electron chi connectivity index (χ3n) is 5.03. The molecule has 4 heteroatoms. The third-order valence-corrected chi connectivity index (χ3v) is 7.12. The summed E-state index contributed by atoms with van der Waals surface area (Å²) in [4.78, 5) is 15.7. The van der Waals surface area contributed by atoms with Crippen LogP contribution in [0.2, 0.25) is 0 Å². The summed E-state index contributed by atoms with van der Waals surface area (Å²) < 4.78 is 0. The largest absolute Gasteiger partial charge is 0.354 e. The maximum absolute atomic E-state index is 13.3. The van der Waals surface area contributed by atoms with E-state index in [-0.39, 0.29) is 11.0 Å². The molecular formula is C23H17NOS2. The summed E-state index contributed by atoms with van der Waals surface area (Å²) in [5.74, 6) is 0.132. The highest BCUT2D eigenvalue weighted by Gasteiger charge is 2.37. The van der Waals surface area contributed by atoms with Gasteiger partial charge in [-0.05, 0) is 36.1 Å². The number of thioether (sulfide) groups is 2. The maximum Gasteiger partial charge on any atom is 0.193 e. The summed E-state index contributed by atoms with van der Waals surface area (Å²) in [5.41, 5.74) is 5.82.